The Morgan fingerprint density at radius 1 is 0.923 bits per heavy atom. The SMILES string of the molecule is CCCCCC(=O)c1c(CSc2nccn2C)nc2cc(OC)c(OC)cc2c1-c1ccc(OC)c(OC)c1. The first-order chi connectivity index (χ1) is 18.9. The lowest BCUT2D eigenvalue weighted by molar-refractivity contribution is 0.0979. The summed E-state index contributed by atoms with van der Waals surface area (Å²) in [6, 6.07) is 9.47. The molecule has 4 rings (SSSR count). The monoisotopic (exact) mass is 549 g/mol. The number of nitrogens with zero attached hydrogens (tertiary/aromatic N) is 3. The number of thioether (sulfide) groups is 1. The highest BCUT2D eigenvalue weighted by molar-refractivity contribution is 7.98. The molecule has 2 aromatic carbocycles. The van der Waals surface area contributed by atoms with Crippen LogP contribution in [0.25, 0.3) is 22.0 Å². The number of unbranched alkanes of at least 4 members (excludes halogenated alkanes) is 2. The summed E-state index contributed by atoms with van der Waals surface area (Å²) in [5, 5.41) is 1.64. The summed E-state index contributed by atoms with van der Waals surface area (Å²) in [5.41, 5.74) is 3.64. The summed E-state index contributed by atoms with van der Waals surface area (Å²) in [6.07, 6.45) is 6.94. The van der Waals surface area contributed by atoms with Crippen LogP contribution in [0.2, 0.25) is 0 Å². The Labute approximate surface area is 233 Å². The minimum absolute atomic E-state index is 0.0628. The zero-order chi connectivity index (χ0) is 27.9. The van der Waals surface area contributed by atoms with Gasteiger partial charge in [-0.2, -0.15) is 0 Å². The number of carbonyl (C=O) groups excluding carboxylic acids is 1. The third-order valence-corrected chi connectivity index (χ3v) is 7.71. The van der Waals surface area contributed by atoms with Crippen molar-refractivity contribution < 1.29 is 23.7 Å². The molecule has 2 heterocycles. The Kier molecular flexibility index (Phi) is 9.35. The number of fused-ring (bicyclic) bond motifs is 1. The van der Waals surface area contributed by atoms with E-state index in [-0.39, 0.29) is 5.78 Å². The zero-order valence-corrected chi connectivity index (χ0v) is 24.2. The average molecular weight is 550 g/mol. The second kappa shape index (κ2) is 12.9. The molecule has 39 heavy (non-hydrogen) atoms. The lowest BCUT2D eigenvalue weighted by atomic mass is 9.90. The van der Waals surface area contributed by atoms with Crippen LogP contribution in [0.4, 0.5) is 0 Å². The van der Waals surface area contributed by atoms with Gasteiger partial charge in [0.2, 0.25) is 0 Å². The number of ketones is 1. The van der Waals surface area contributed by atoms with Crippen molar-refractivity contribution in [2.24, 2.45) is 7.05 Å². The minimum atomic E-state index is 0.0628. The number of Topliss-reactive ketones (excluding diaryl/α,β-unsaturated/α-hetero) is 1. The molecule has 0 radical (unpaired) electrons. The molecule has 2 aromatic heterocycles. The highest BCUT2D eigenvalue weighted by Crippen LogP contribution is 2.42. The third-order valence-electron chi connectivity index (χ3n) is 6.64. The predicted molar refractivity (Wildman–Crippen MR) is 155 cm³/mol. The number of carbonyl (C=O) groups is 1. The van der Waals surface area contributed by atoms with Gasteiger partial charge in [0.1, 0.15) is 0 Å². The van der Waals surface area contributed by atoms with Gasteiger partial charge in [0, 0.05) is 54.2 Å². The molecule has 0 spiro atoms. The molecular weight excluding hydrogens is 514 g/mol. The van der Waals surface area contributed by atoms with Crippen molar-refractivity contribution in [3.63, 3.8) is 0 Å². The number of aryl methyl sites for hydroxylation is 1. The van der Waals surface area contributed by atoms with Gasteiger partial charge < -0.3 is 23.5 Å². The number of aromatic nitrogens is 3. The Bertz CT molecular complexity index is 1470. The topological polar surface area (TPSA) is 84.7 Å². The largest absolute Gasteiger partial charge is 0.493 e. The van der Waals surface area contributed by atoms with E-state index in [4.69, 9.17) is 23.9 Å². The lowest BCUT2D eigenvalue weighted by Gasteiger charge is -2.19. The number of hydrogen-bond donors (Lipinski definition) is 0. The molecular formula is C30H35N3O5S. The quantitative estimate of drug-likeness (QED) is 0.103. The van der Waals surface area contributed by atoms with Crippen LogP contribution in [0.3, 0.4) is 0 Å². The maximum absolute atomic E-state index is 14.0. The smallest absolute Gasteiger partial charge is 0.168 e. The summed E-state index contributed by atoms with van der Waals surface area (Å²) in [5.74, 6) is 2.86. The maximum atomic E-state index is 14.0. The zero-order valence-electron chi connectivity index (χ0n) is 23.4. The van der Waals surface area contributed by atoms with Crippen molar-refractivity contribution in [2.75, 3.05) is 28.4 Å². The molecule has 0 unspecified atom stereocenters. The molecule has 0 N–H and O–H groups in total. The van der Waals surface area contributed by atoms with Crippen molar-refractivity contribution in [1.29, 1.82) is 0 Å². The Balaban J connectivity index is 2.02. The van der Waals surface area contributed by atoms with Gasteiger partial charge in [-0.25, -0.2) is 4.98 Å². The molecule has 0 amide bonds. The third kappa shape index (κ3) is 5.98. The molecule has 0 saturated carbocycles. The Morgan fingerprint density at radius 3 is 2.26 bits per heavy atom. The van der Waals surface area contributed by atoms with Crippen molar-refractivity contribution >= 4 is 28.4 Å². The van der Waals surface area contributed by atoms with Crippen molar-refractivity contribution in [3.8, 4) is 34.1 Å². The molecule has 0 aliphatic heterocycles. The van der Waals surface area contributed by atoms with Crippen molar-refractivity contribution in [2.45, 2.75) is 43.5 Å². The van der Waals surface area contributed by atoms with E-state index < -0.39 is 0 Å². The summed E-state index contributed by atoms with van der Waals surface area (Å²) < 4.78 is 24.3. The fraction of sp³-hybridized carbons (Fsp3) is 0.367. The van der Waals surface area contributed by atoms with E-state index in [1.165, 1.54) is 0 Å². The van der Waals surface area contributed by atoms with Crippen molar-refractivity contribution in [3.05, 3.63) is 54.0 Å². The molecule has 0 saturated heterocycles. The standard InChI is InChI=1S/C30H35N3O5S/c1-7-8-9-10-23(34)29-22(18-39-30-31-13-14-33(30)2)32-21-17-27(38-6)26(37-5)16-20(21)28(29)19-11-12-24(35-3)25(15-19)36-4/h11-17H,7-10,18H2,1-6H3. The summed E-state index contributed by atoms with van der Waals surface area (Å²) in [4.78, 5) is 23.5. The Hall–Kier alpha value is -3.72. The van der Waals surface area contributed by atoms with Gasteiger partial charge in [0.05, 0.1) is 39.6 Å². The van der Waals surface area contributed by atoms with Crippen LogP contribution in [0.5, 0.6) is 23.0 Å². The lowest BCUT2D eigenvalue weighted by Crippen LogP contribution is -2.10. The van der Waals surface area contributed by atoms with Gasteiger partial charge in [0.25, 0.3) is 0 Å². The highest BCUT2D eigenvalue weighted by Gasteiger charge is 2.25. The summed E-state index contributed by atoms with van der Waals surface area (Å²) >= 11 is 1.55. The van der Waals surface area contributed by atoms with Crippen molar-refractivity contribution in [1.82, 2.24) is 14.5 Å². The fourth-order valence-corrected chi connectivity index (χ4v) is 5.50. The van der Waals surface area contributed by atoms with Gasteiger partial charge in [-0.05, 0) is 30.2 Å². The number of methoxy groups -OCH3 is 4. The summed E-state index contributed by atoms with van der Waals surface area (Å²) in [7, 11) is 8.36. The van der Waals surface area contributed by atoms with E-state index in [0.29, 0.717) is 51.9 Å². The van der Waals surface area contributed by atoms with Crippen LogP contribution >= 0.6 is 11.8 Å². The molecule has 8 nitrogen and oxygen atoms in total. The van der Waals surface area contributed by atoms with E-state index in [0.717, 1.165) is 40.9 Å². The van der Waals surface area contributed by atoms with Crippen LogP contribution in [0.1, 0.15) is 48.7 Å². The predicted octanol–water partition coefficient (Wildman–Crippen LogP) is 6.73. The van der Waals surface area contributed by atoms with E-state index in [1.807, 2.05) is 48.1 Å². The van der Waals surface area contributed by atoms with Gasteiger partial charge in [0.15, 0.2) is 33.9 Å². The Morgan fingerprint density at radius 2 is 1.62 bits per heavy atom. The van der Waals surface area contributed by atoms with Gasteiger partial charge in [-0.3, -0.25) is 9.78 Å². The molecule has 206 valence electrons. The first-order valence-electron chi connectivity index (χ1n) is 12.9. The number of imidazole rings is 1. The fourth-order valence-electron chi connectivity index (χ4n) is 4.62. The normalized spacial score (nSPS) is 11.0. The number of ether oxygens (including phenoxy) is 4. The first-order valence-corrected chi connectivity index (χ1v) is 13.9. The van der Waals surface area contributed by atoms with Crippen LogP contribution in [-0.2, 0) is 12.8 Å². The molecule has 0 fully saturated rings. The first kappa shape index (κ1) is 28.3. The molecule has 9 heteroatoms. The van der Waals surface area contributed by atoms with Crippen LogP contribution in [0, 0.1) is 0 Å². The number of hydrogen-bond acceptors (Lipinski definition) is 8. The second-order valence-electron chi connectivity index (χ2n) is 9.09. The highest BCUT2D eigenvalue weighted by atomic mass is 32.2. The van der Waals surface area contributed by atoms with Gasteiger partial charge in [-0.1, -0.05) is 37.6 Å². The molecule has 0 aliphatic carbocycles. The van der Waals surface area contributed by atoms with E-state index >= 15 is 0 Å². The number of rotatable bonds is 13. The molecule has 0 atom stereocenters. The summed E-state index contributed by atoms with van der Waals surface area (Å²) in [6.45, 7) is 2.13. The van der Waals surface area contributed by atoms with Crippen LogP contribution in [-0.4, -0.2) is 48.8 Å². The molecule has 4 aromatic rings. The van der Waals surface area contributed by atoms with Gasteiger partial charge >= 0.3 is 0 Å². The number of benzene rings is 2. The molecule has 0 aliphatic rings. The van der Waals surface area contributed by atoms with E-state index in [1.54, 1.807) is 46.4 Å². The number of pyridine rings is 1. The van der Waals surface area contributed by atoms with E-state index in [2.05, 4.69) is 11.9 Å². The second-order valence-corrected chi connectivity index (χ2v) is 10.0. The van der Waals surface area contributed by atoms with Gasteiger partial charge in [-0.15, -0.1) is 0 Å². The molecule has 0 bridgehead atoms. The van der Waals surface area contributed by atoms with E-state index in [9.17, 15) is 4.79 Å². The van der Waals surface area contributed by atoms with Crippen LogP contribution < -0.4 is 18.9 Å². The van der Waals surface area contributed by atoms with Crippen LogP contribution in [0.15, 0.2) is 47.9 Å². The maximum Gasteiger partial charge on any atom is 0.168 e. The average Bonchev–Trinajstić information content (AvgIpc) is 3.38. The minimum Gasteiger partial charge on any atom is -0.493 e.